The molecule has 0 spiro atoms. The predicted octanol–water partition coefficient (Wildman–Crippen LogP) is 2.96. The van der Waals surface area contributed by atoms with Gasteiger partial charge < -0.3 is 10.1 Å². The molecule has 0 aliphatic heterocycles. The molecular formula is C17H23N3O. The van der Waals surface area contributed by atoms with Gasteiger partial charge in [0, 0.05) is 36.5 Å². The fourth-order valence-electron chi connectivity index (χ4n) is 1.90. The highest BCUT2D eigenvalue weighted by Crippen LogP contribution is 2.14. The van der Waals surface area contributed by atoms with E-state index in [1.54, 1.807) is 7.11 Å². The summed E-state index contributed by atoms with van der Waals surface area (Å²) in [6.45, 7) is 7.21. The number of ether oxygens (including phenoxy) is 1. The molecule has 0 aliphatic rings. The fourth-order valence-corrected chi connectivity index (χ4v) is 1.90. The Kier molecular flexibility index (Phi) is 4.91. The second kappa shape index (κ2) is 6.68. The van der Waals surface area contributed by atoms with Crippen molar-refractivity contribution in [3.05, 3.63) is 53.6 Å². The quantitative estimate of drug-likeness (QED) is 0.917. The molecule has 0 fully saturated rings. The normalized spacial score (nSPS) is 11.4. The molecule has 1 heterocycles. The average Bonchev–Trinajstić information content (AvgIpc) is 2.46. The molecule has 112 valence electrons. The van der Waals surface area contributed by atoms with Crippen LogP contribution in [0.3, 0.4) is 0 Å². The summed E-state index contributed by atoms with van der Waals surface area (Å²) in [6, 6.07) is 7.99. The van der Waals surface area contributed by atoms with Gasteiger partial charge in [-0.25, -0.2) is 9.97 Å². The van der Waals surface area contributed by atoms with Crippen molar-refractivity contribution in [3.63, 3.8) is 0 Å². The van der Waals surface area contributed by atoms with E-state index in [0.29, 0.717) is 6.42 Å². The van der Waals surface area contributed by atoms with Crippen molar-refractivity contribution < 1.29 is 4.74 Å². The zero-order chi connectivity index (χ0) is 15.3. The highest BCUT2D eigenvalue weighted by Gasteiger charge is 2.08. The van der Waals surface area contributed by atoms with Crippen molar-refractivity contribution >= 4 is 0 Å². The predicted molar refractivity (Wildman–Crippen MR) is 84.4 cm³/mol. The minimum atomic E-state index is 0.0965. The lowest BCUT2D eigenvalue weighted by Crippen LogP contribution is -2.35. The topological polar surface area (TPSA) is 47.0 Å². The molecule has 0 unspecified atom stereocenters. The van der Waals surface area contributed by atoms with Crippen LogP contribution in [0.15, 0.2) is 36.7 Å². The lowest BCUT2D eigenvalue weighted by molar-refractivity contribution is 0.414. The average molecular weight is 285 g/mol. The second-order valence-corrected chi connectivity index (χ2v) is 6.14. The highest BCUT2D eigenvalue weighted by molar-refractivity contribution is 5.30. The number of benzene rings is 1. The highest BCUT2D eigenvalue weighted by atomic mass is 16.5. The molecule has 0 amide bonds. The molecule has 0 bridgehead atoms. The number of hydrogen-bond donors (Lipinski definition) is 1. The SMILES string of the molecule is COc1cccc(Cc2ncc(CNC(C)(C)C)cn2)c1. The summed E-state index contributed by atoms with van der Waals surface area (Å²) in [5.41, 5.74) is 2.34. The number of hydrogen-bond acceptors (Lipinski definition) is 4. The minimum Gasteiger partial charge on any atom is -0.497 e. The smallest absolute Gasteiger partial charge is 0.132 e. The van der Waals surface area contributed by atoms with Gasteiger partial charge in [-0.1, -0.05) is 12.1 Å². The summed E-state index contributed by atoms with van der Waals surface area (Å²) in [4.78, 5) is 8.88. The zero-order valence-electron chi connectivity index (χ0n) is 13.2. The van der Waals surface area contributed by atoms with E-state index in [1.807, 2.05) is 30.6 Å². The molecule has 0 saturated carbocycles. The van der Waals surface area contributed by atoms with Gasteiger partial charge in [0.15, 0.2) is 0 Å². The molecule has 0 radical (unpaired) electrons. The number of nitrogens with zero attached hydrogens (tertiary/aromatic N) is 2. The van der Waals surface area contributed by atoms with Crippen molar-refractivity contribution in [2.45, 2.75) is 39.3 Å². The van der Waals surface area contributed by atoms with Gasteiger partial charge in [0.1, 0.15) is 11.6 Å². The van der Waals surface area contributed by atoms with E-state index in [1.165, 1.54) is 0 Å². The van der Waals surface area contributed by atoms with E-state index in [-0.39, 0.29) is 5.54 Å². The van der Waals surface area contributed by atoms with E-state index in [2.05, 4.69) is 42.1 Å². The van der Waals surface area contributed by atoms with Crippen molar-refractivity contribution in [3.8, 4) is 5.75 Å². The van der Waals surface area contributed by atoms with Gasteiger partial charge >= 0.3 is 0 Å². The number of aromatic nitrogens is 2. The van der Waals surface area contributed by atoms with Gasteiger partial charge in [0.05, 0.1) is 7.11 Å². The maximum Gasteiger partial charge on any atom is 0.132 e. The first-order valence-electron chi connectivity index (χ1n) is 7.14. The molecule has 1 aromatic carbocycles. The largest absolute Gasteiger partial charge is 0.497 e. The van der Waals surface area contributed by atoms with Crippen LogP contribution in [0.5, 0.6) is 5.75 Å². The zero-order valence-corrected chi connectivity index (χ0v) is 13.2. The molecule has 4 nitrogen and oxygen atoms in total. The van der Waals surface area contributed by atoms with Gasteiger partial charge in [-0.3, -0.25) is 0 Å². The van der Waals surface area contributed by atoms with Crippen LogP contribution in [-0.2, 0) is 13.0 Å². The third kappa shape index (κ3) is 5.16. The molecule has 0 aliphatic carbocycles. The first-order chi connectivity index (χ1) is 9.96. The fraction of sp³-hybridized carbons (Fsp3) is 0.412. The van der Waals surface area contributed by atoms with Crippen LogP contribution in [0, 0.1) is 0 Å². The second-order valence-electron chi connectivity index (χ2n) is 6.14. The Balaban J connectivity index is 1.98. The van der Waals surface area contributed by atoms with E-state index >= 15 is 0 Å². The Bertz CT molecular complexity index is 573. The Morgan fingerprint density at radius 3 is 2.43 bits per heavy atom. The minimum absolute atomic E-state index is 0.0965. The van der Waals surface area contributed by atoms with Gasteiger partial charge in [-0.05, 0) is 38.5 Å². The molecular weight excluding hydrogens is 262 g/mol. The van der Waals surface area contributed by atoms with Gasteiger partial charge in [0.2, 0.25) is 0 Å². The van der Waals surface area contributed by atoms with Crippen LogP contribution in [0.4, 0.5) is 0 Å². The molecule has 0 atom stereocenters. The standard InChI is InChI=1S/C17H23N3O/c1-17(2,3)20-12-14-10-18-16(19-11-14)9-13-6-5-7-15(8-13)21-4/h5-8,10-11,20H,9,12H2,1-4H3. The van der Waals surface area contributed by atoms with Crippen LogP contribution in [0.2, 0.25) is 0 Å². The first kappa shape index (κ1) is 15.4. The van der Waals surface area contributed by atoms with E-state index in [9.17, 15) is 0 Å². The molecule has 4 heteroatoms. The summed E-state index contributed by atoms with van der Waals surface area (Å²) in [6.07, 6.45) is 4.49. The maximum absolute atomic E-state index is 5.23. The van der Waals surface area contributed by atoms with Gasteiger partial charge in [0.25, 0.3) is 0 Å². The molecule has 2 aromatic rings. The summed E-state index contributed by atoms with van der Waals surface area (Å²) in [7, 11) is 1.67. The third-order valence-corrected chi connectivity index (χ3v) is 3.08. The van der Waals surface area contributed by atoms with Crippen LogP contribution in [0.25, 0.3) is 0 Å². The maximum atomic E-state index is 5.23. The van der Waals surface area contributed by atoms with Crippen molar-refractivity contribution in [2.24, 2.45) is 0 Å². The van der Waals surface area contributed by atoms with E-state index < -0.39 is 0 Å². The Hall–Kier alpha value is -1.94. The van der Waals surface area contributed by atoms with Gasteiger partial charge in [-0.15, -0.1) is 0 Å². The lowest BCUT2D eigenvalue weighted by Gasteiger charge is -2.20. The Labute approximate surface area is 126 Å². The number of methoxy groups -OCH3 is 1. The van der Waals surface area contributed by atoms with Crippen LogP contribution in [0.1, 0.15) is 37.7 Å². The number of nitrogens with one attached hydrogen (secondary N) is 1. The first-order valence-corrected chi connectivity index (χ1v) is 7.14. The third-order valence-electron chi connectivity index (χ3n) is 3.08. The van der Waals surface area contributed by atoms with Gasteiger partial charge in [-0.2, -0.15) is 0 Å². The molecule has 1 N–H and O–H groups in total. The van der Waals surface area contributed by atoms with Crippen molar-refractivity contribution in [2.75, 3.05) is 7.11 Å². The van der Waals surface area contributed by atoms with Crippen LogP contribution < -0.4 is 10.1 Å². The summed E-state index contributed by atoms with van der Waals surface area (Å²) in [5, 5.41) is 3.43. The van der Waals surface area contributed by atoms with Crippen molar-refractivity contribution in [1.82, 2.24) is 15.3 Å². The summed E-state index contributed by atoms with van der Waals surface area (Å²) < 4.78 is 5.23. The Morgan fingerprint density at radius 1 is 1.10 bits per heavy atom. The van der Waals surface area contributed by atoms with Crippen LogP contribution in [-0.4, -0.2) is 22.6 Å². The molecule has 0 saturated heterocycles. The van der Waals surface area contributed by atoms with E-state index in [0.717, 1.165) is 29.2 Å². The monoisotopic (exact) mass is 285 g/mol. The molecule has 1 aromatic heterocycles. The molecule has 2 rings (SSSR count). The Morgan fingerprint density at radius 2 is 1.81 bits per heavy atom. The molecule has 21 heavy (non-hydrogen) atoms. The van der Waals surface area contributed by atoms with Crippen LogP contribution >= 0.6 is 0 Å². The number of rotatable bonds is 5. The van der Waals surface area contributed by atoms with E-state index in [4.69, 9.17) is 4.74 Å². The van der Waals surface area contributed by atoms with Crippen molar-refractivity contribution in [1.29, 1.82) is 0 Å². The summed E-state index contributed by atoms with van der Waals surface area (Å²) >= 11 is 0. The summed E-state index contributed by atoms with van der Waals surface area (Å²) in [5.74, 6) is 1.68. The lowest BCUT2D eigenvalue weighted by atomic mass is 10.1.